The molecule has 0 fully saturated rings. The molecule has 0 amide bonds. The quantitative estimate of drug-likeness (QED) is 0.145. The monoisotopic (exact) mass is 661 g/mol. The molecule has 11 nitrogen and oxygen atoms in total. The molecular weight excluding hydrogens is 630 g/mol. The van der Waals surface area contributed by atoms with Crippen molar-refractivity contribution in [3.63, 3.8) is 0 Å². The van der Waals surface area contributed by atoms with Gasteiger partial charge in [0.05, 0.1) is 28.4 Å². The molecule has 7 aromatic rings. The van der Waals surface area contributed by atoms with Gasteiger partial charge in [0.1, 0.15) is 57.2 Å². The van der Waals surface area contributed by atoms with E-state index in [1.165, 1.54) is 0 Å². The Bertz CT molecular complexity index is 2160. The van der Waals surface area contributed by atoms with Gasteiger partial charge in [0.25, 0.3) is 0 Å². The number of rotatable bonds is 10. The molecule has 3 aromatic heterocycles. The number of nitrogens with zero attached hydrogens (tertiary/aromatic N) is 7. The van der Waals surface area contributed by atoms with Crippen LogP contribution in [0.2, 0.25) is 0 Å². The first kappa shape index (κ1) is 31.8. The fraction of sp³-hybridized carbons (Fsp3) is 0.103. The van der Waals surface area contributed by atoms with E-state index in [9.17, 15) is 0 Å². The number of hydrogen-bond acceptors (Lipinski definition) is 11. The van der Waals surface area contributed by atoms with Crippen molar-refractivity contribution in [2.24, 2.45) is 0 Å². The lowest BCUT2D eigenvalue weighted by atomic mass is 10.0. The number of hydrogen-bond donors (Lipinski definition) is 0. The summed E-state index contributed by atoms with van der Waals surface area (Å²) in [6.07, 6.45) is 0. The lowest BCUT2D eigenvalue weighted by molar-refractivity contribution is 0.415. The van der Waals surface area contributed by atoms with Gasteiger partial charge < -0.3 is 18.9 Å². The van der Waals surface area contributed by atoms with Crippen molar-refractivity contribution in [3.05, 3.63) is 115 Å². The lowest BCUT2D eigenvalue weighted by Crippen LogP contribution is -2.04. The predicted molar refractivity (Wildman–Crippen MR) is 190 cm³/mol. The van der Waals surface area contributed by atoms with Crippen molar-refractivity contribution in [2.45, 2.75) is 0 Å². The molecule has 3 heterocycles. The fourth-order valence-corrected chi connectivity index (χ4v) is 5.43. The molecule has 4 aromatic carbocycles. The number of benzene rings is 4. The number of ether oxygens (including phenoxy) is 4. The van der Waals surface area contributed by atoms with Crippen molar-refractivity contribution in [2.75, 3.05) is 28.4 Å². The van der Waals surface area contributed by atoms with Crippen LogP contribution in [0.4, 0.5) is 0 Å². The minimum Gasteiger partial charge on any atom is -0.497 e. The van der Waals surface area contributed by atoms with E-state index >= 15 is 0 Å². The molecule has 7 rings (SSSR count). The van der Waals surface area contributed by atoms with Crippen LogP contribution < -0.4 is 18.9 Å². The second-order valence-corrected chi connectivity index (χ2v) is 11.0. The third-order valence-corrected chi connectivity index (χ3v) is 7.95. The van der Waals surface area contributed by atoms with Gasteiger partial charge in [0.15, 0.2) is 0 Å². The van der Waals surface area contributed by atoms with Crippen LogP contribution in [0.3, 0.4) is 0 Å². The summed E-state index contributed by atoms with van der Waals surface area (Å²) < 4.78 is 22.0. The SMILES string of the molecule is COc1cccc(-c2nnc(-c3cccc(-c4nnc(-c5cccc(OC)c5)c(-c5cccc(OC)c5)n4)n3)nc2-c2cccc(OC)c2)c1. The maximum Gasteiger partial charge on any atom is 0.201 e. The van der Waals surface area contributed by atoms with Gasteiger partial charge in [-0.15, -0.1) is 20.4 Å². The van der Waals surface area contributed by atoms with E-state index < -0.39 is 0 Å². The minimum atomic E-state index is 0.324. The summed E-state index contributed by atoms with van der Waals surface area (Å²) in [6, 6.07) is 36.0. The zero-order valence-electron chi connectivity index (χ0n) is 27.7. The van der Waals surface area contributed by atoms with Crippen LogP contribution in [0.1, 0.15) is 0 Å². The Morgan fingerprint density at radius 1 is 0.340 bits per heavy atom. The first-order valence-electron chi connectivity index (χ1n) is 15.6. The van der Waals surface area contributed by atoms with Crippen LogP contribution in [0.25, 0.3) is 68.1 Å². The summed E-state index contributed by atoms with van der Waals surface area (Å²) in [5, 5.41) is 18.3. The molecule has 0 saturated carbocycles. The normalized spacial score (nSPS) is 10.8. The molecule has 0 aliphatic rings. The molecule has 50 heavy (non-hydrogen) atoms. The van der Waals surface area contributed by atoms with Gasteiger partial charge in [-0.25, -0.2) is 15.0 Å². The Morgan fingerprint density at radius 3 is 1.00 bits per heavy atom. The van der Waals surface area contributed by atoms with E-state index in [1.54, 1.807) is 28.4 Å². The van der Waals surface area contributed by atoms with Crippen LogP contribution in [-0.4, -0.2) is 63.8 Å². The lowest BCUT2D eigenvalue weighted by Gasteiger charge is -2.12. The largest absolute Gasteiger partial charge is 0.497 e. The molecule has 11 heteroatoms. The van der Waals surface area contributed by atoms with Crippen LogP contribution in [0, 0.1) is 0 Å². The van der Waals surface area contributed by atoms with E-state index in [0.717, 1.165) is 22.3 Å². The van der Waals surface area contributed by atoms with Crippen LogP contribution in [0.15, 0.2) is 115 Å². The summed E-state index contributed by atoms with van der Waals surface area (Å²) in [5.41, 5.74) is 6.56. The van der Waals surface area contributed by atoms with E-state index in [4.69, 9.17) is 33.9 Å². The zero-order chi connectivity index (χ0) is 34.5. The summed E-state index contributed by atoms with van der Waals surface area (Å²) in [7, 11) is 6.50. The predicted octanol–water partition coefficient (Wildman–Crippen LogP) is 7.49. The first-order valence-corrected chi connectivity index (χ1v) is 15.6. The highest BCUT2D eigenvalue weighted by atomic mass is 16.5. The Balaban J connectivity index is 1.34. The first-order chi connectivity index (χ1) is 24.6. The van der Waals surface area contributed by atoms with E-state index in [2.05, 4.69) is 20.4 Å². The molecule has 0 radical (unpaired) electrons. The highest BCUT2D eigenvalue weighted by Crippen LogP contribution is 2.35. The Labute approximate surface area is 288 Å². The molecule has 0 bridgehead atoms. The molecule has 0 unspecified atom stereocenters. The van der Waals surface area contributed by atoms with Crippen LogP contribution in [0.5, 0.6) is 23.0 Å². The summed E-state index contributed by atoms with van der Waals surface area (Å²) in [6.45, 7) is 0. The highest BCUT2D eigenvalue weighted by molar-refractivity contribution is 5.81. The molecule has 0 atom stereocenters. The number of pyridine rings is 1. The highest BCUT2D eigenvalue weighted by Gasteiger charge is 2.19. The summed E-state index contributed by atoms with van der Waals surface area (Å²) >= 11 is 0. The second kappa shape index (κ2) is 14.2. The zero-order valence-corrected chi connectivity index (χ0v) is 27.7. The van der Waals surface area contributed by atoms with Gasteiger partial charge >= 0.3 is 0 Å². The topological polar surface area (TPSA) is 127 Å². The average molecular weight is 662 g/mol. The van der Waals surface area contributed by atoms with Crippen molar-refractivity contribution in [1.29, 1.82) is 0 Å². The number of methoxy groups -OCH3 is 4. The Hall–Kier alpha value is -6.75. The van der Waals surface area contributed by atoms with Crippen molar-refractivity contribution in [3.8, 4) is 91.1 Å². The molecule has 0 aliphatic carbocycles. The molecule has 246 valence electrons. The standard InChI is InChI=1S/C39H31N7O4/c1-47-28-14-5-10-24(20-28)34-36(26-12-7-16-30(22-26)49-3)43-45-38(41-34)32-18-9-19-33(40-32)39-42-35(25-11-6-15-29(21-25)48-2)37(44-46-39)27-13-8-17-31(23-27)50-4/h5-23H,1-4H3. The van der Waals surface area contributed by atoms with E-state index in [1.807, 2.05) is 115 Å². The maximum absolute atomic E-state index is 5.51. The van der Waals surface area contributed by atoms with Crippen LogP contribution in [-0.2, 0) is 0 Å². The average Bonchev–Trinajstić information content (AvgIpc) is 3.20. The third-order valence-electron chi connectivity index (χ3n) is 7.95. The Kier molecular flexibility index (Phi) is 9.01. The van der Waals surface area contributed by atoms with Gasteiger partial charge in [0, 0.05) is 22.3 Å². The number of aromatic nitrogens is 7. The van der Waals surface area contributed by atoms with Gasteiger partial charge in [-0.05, 0) is 60.7 Å². The van der Waals surface area contributed by atoms with Crippen molar-refractivity contribution >= 4 is 0 Å². The molecule has 0 N–H and O–H groups in total. The molecule has 0 spiro atoms. The third kappa shape index (κ3) is 6.52. The van der Waals surface area contributed by atoms with Crippen molar-refractivity contribution in [1.82, 2.24) is 35.3 Å². The molecular formula is C39H31N7O4. The molecule has 0 saturated heterocycles. The van der Waals surface area contributed by atoms with Gasteiger partial charge in [-0.1, -0.05) is 54.6 Å². The molecule has 0 aliphatic heterocycles. The summed E-state index contributed by atoms with van der Waals surface area (Å²) in [4.78, 5) is 14.9. The van der Waals surface area contributed by atoms with E-state index in [0.29, 0.717) is 68.8 Å². The maximum atomic E-state index is 5.51. The van der Waals surface area contributed by atoms with E-state index in [-0.39, 0.29) is 0 Å². The fourth-order valence-electron chi connectivity index (χ4n) is 5.43. The van der Waals surface area contributed by atoms with Gasteiger partial charge in [-0.3, -0.25) is 0 Å². The Morgan fingerprint density at radius 2 is 0.660 bits per heavy atom. The smallest absolute Gasteiger partial charge is 0.201 e. The van der Waals surface area contributed by atoms with Gasteiger partial charge in [-0.2, -0.15) is 0 Å². The minimum absolute atomic E-state index is 0.324. The second-order valence-electron chi connectivity index (χ2n) is 11.0. The van der Waals surface area contributed by atoms with Gasteiger partial charge in [0.2, 0.25) is 11.6 Å². The summed E-state index contributed by atoms with van der Waals surface area (Å²) in [5.74, 6) is 3.41. The van der Waals surface area contributed by atoms with Crippen LogP contribution >= 0.6 is 0 Å². The van der Waals surface area contributed by atoms with Crippen molar-refractivity contribution < 1.29 is 18.9 Å².